The van der Waals surface area contributed by atoms with E-state index in [1.54, 1.807) is 7.05 Å². The maximum absolute atomic E-state index is 11.0. The van der Waals surface area contributed by atoms with Crippen molar-refractivity contribution in [1.29, 1.82) is 0 Å². The molecule has 0 aromatic heterocycles. The molecule has 1 fully saturated rings. The average Bonchev–Trinajstić information content (AvgIpc) is 2.26. The van der Waals surface area contributed by atoms with E-state index < -0.39 is 0 Å². The normalized spacial score (nSPS) is 27.3. The summed E-state index contributed by atoms with van der Waals surface area (Å²) in [6.07, 6.45) is 6.41. The zero-order valence-corrected chi connectivity index (χ0v) is 9.31. The van der Waals surface area contributed by atoms with Crippen molar-refractivity contribution in [3.63, 3.8) is 0 Å². The molecule has 0 aromatic carbocycles. The third kappa shape index (κ3) is 3.66. The number of carbonyl (C=O) groups is 1. The van der Waals surface area contributed by atoms with Gasteiger partial charge in [0.05, 0.1) is 6.54 Å². The number of carbonyl (C=O) groups excluding carboxylic acids is 1. The van der Waals surface area contributed by atoms with Crippen molar-refractivity contribution in [2.75, 3.05) is 13.6 Å². The Morgan fingerprint density at radius 1 is 1.29 bits per heavy atom. The molecule has 1 aliphatic rings. The minimum Gasteiger partial charge on any atom is -0.358 e. The minimum atomic E-state index is 0.0858. The van der Waals surface area contributed by atoms with Crippen molar-refractivity contribution in [3.8, 4) is 0 Å². The molecule has 1 saturated carbocycles. The van der Waals surface area contributed by atoms with Gasteiger partial charge in [0.1, 0.15) is 0 Å². The van der Waals surface area contributed by atoms with Gasteiger partial charge in [0, 0.05) is 13.1 Å². The number of likely N-dealkylation sites (N-methyl/N-ethyl adjacent to an activating group) is 1. The topological polar surface area (TPSA) is 41.1 Å². The molecule has 82 valence electrons. The molecule has 0 atom stereocenters. The highest BCUT2D eigenvalue weighted by Gasteiger charge is 2.19. The van der Waals surface area contributed by atoms with E-state index in [9.17, 15) is 4.79 Å². The molecule has 0 spiro atoms. The van der Waals surface area contributed by atoms with Crippen LogP contribution in [0.1, 0.15) is 39.0 Å². The first-order valence-corrected chi connectivity index (χ1v) is 5.70. The first-order chi connectivity index (χ1) is 6.76. The summed E-state index contributed by atoms with van der Waals surface area (Å²) in [5.74, 6) is 1.01. The van der Waals surface area contributed by atoms with Gasteiger partial charge < -0.3 is 10.6 Å². The molecule has 1 amide bonds. The van der Waals surface area contributed by atoms with Crippen LogP contribution < -0.4 is 10.6 Å². The predicted molar refractivity (Wildman–Crippen MR) is 58.1 cm³/mol. The molecule has 1 aliphatic carbocycles. The van der Waals surface area contributed by atoms with E-state index in [1.807, 2.05) is 0 Å². The lowest BCUT2D eigenvalue weighted by molar-refractivity contribution is -0.119. The molecule has 0 heterocycles. The van der Waals surface area contributed by atoms with Crippen LogP contribution in [0, 0.1) is 5.92 Å². The molecule has 2 N–H and O–H groups in total. The van der Waals surface area contributed by atoms with Crippen molar-refractivity contribution in [2.24, 2.45) is 5.92 Å². The summed E-state index contributed by atoms with van der Waals surface area (Å²) in [6.45, 7) is 2.74. The number of amides is 1. The van der Waals surface area contributed by atoms with Crippen molar-refractivity contribution < 1.29 is 4.79 Å². The van der Waals surface area contributed by atoms with E-state index in [2.05, 4.69) is 17.6 Å². The highest BCUT2D eigenvalue weighted by Crippen LogP contribution is 2.26. The van der Waals surface area contributed by atoms with Gasteiger partial charge in [-0.3, -0.25) is 4.79 Å². The van der Waals surface area contributed by atoms with Crippen molar-refractivity contribution in [2.45, 2.75) is 45.1 Å². The van der Waals surface area contributed by atoms with Gasteiger partial charge in [-0.2, -0.15) is 0 Å². The third-order valence-corrected chi connectivity index (χ3v) is 3.25. The maximum Gasteiger partial charge on any atom is 0.233 e. The molecular weight excluding hydrogens is 176 g/mol. The summed E-state index contributed by atoms with van der Waals surface area (Å²) in [5, 5.41) is 5.93. The lowest BCUT2D eigenvalue weighted by Crippen LogP contribution is -2.39. The Morgan fingerprint density at radius 3 is 2.43 bits per heavy atom. The molecule has 14 heavy (non-hydrogen) atoms. The van der Waals surface area contributed by atoms with Crippen molar-refractivity contribution in [1.82, 2.24) is 10.6 Å². The lowest BCUT2D eigenvalue weighted by atomic mass is 9.84. The zero-order chi connectivity index (χ0) is 10.4. The Morgan fingerprint density at radius 2 is 1.93 bits per heavy atom. The first kappa shape index (κ1) is 11.5. The van der Waals surface area contributed by atoms with Gasteiger partial charge in [-0.05, 0) is 31.6 Å². The van der Waals surface area contributed by atoms with Gasteiger partial charge in [0.2, 0.25) is 5.91 Å². The molecular formula is C11H22N2O. The minimum absolute atomic E-state index is 0.0858. The van der Waals surface area contributed by atoms with Crippen LogP contribution in [-0.4, -0.2) is 25.5 Å². The largest absolute Gasteiger partial charge is 0.358 e. The lowest BCUT2D eigenvalue weighted by Gasteiger charge is -2.28. The fourth-order valence-electron chi connectivity index (χ4n) is 2.10. The van der Waals surface area contributed by atoms with Crippen LogP contribution in [0.4, 0.5) is 0 Å². The monoisotopic (exact) mass is 198 g/mol. The second-order valence-corrected chi connectivity index (χ2v) is 4.18. The molecule has 0 bridgehead atoms. The average molecular weight is 198 g/mol. The second kappa shape index (κ2) is 6.02. The smallest absolute Gasteiger partial charge is 0.233 e. The number of hydrogen-bond donors (Lipinski definition) is 2. The van der Waals surface area contributed by atoms with E-state index >= 15 is 0 Å². The fourth-order valence-corrected chi connectivity index (χ4v) is 2.10. The van der Waals surface area contributed by atoms with Crippen LogP contribution in [0.5, 0.6) is 0 Å². The molecule has 3 nitrogen and oxygen atoms in total. The van der Waals surface area contributed by atoms with Crippen LogP contribution in [0.2, 0.25) is 0 Å². The van der Waals surface area contributed by atoms with E-state index in [0.29, 0.717) is 12.6 Å². The van der Waals surface area contributed by atoms with E-state index in [1.165, 1.54) is 32.1 Å². The molecule has 0 aromatic rings. The third-order valence-electron chi connectivity index (χ3n) is 3.25. The summed E-state index contributed by atoms with van der Waals surface area (Å²) < 4.78 is 0. The van der Waals surface area contributed by atoms with Gasteiger partial charge in [-0.1, -0.05) is 13.3 Å². The van der Waals surface area contributed by atoms with Crippen molar-refractivity contribution in [3.05, 3.63) is 0 Å². The summed E-state index contributed by atoms with van der Waals surface area (Å²) in [5.41, 5.74) is 0. The summed E-state index contributed by atoms with van der Waals surface area (Å²) in [6, 6.07) is 0.565. The summed E-state index contributed by atoms with van der Waals surface area (Å²) in [4.78, 5) is 11.0. The Kier molecular flexibility index (Phi) is 4.94. The molecule has 0 saturated heterocycles. The van der Waals surface area contributed by atoms with Crippen LogP contribution in [-0.2, 0) is 4.79 Å². The SMILES string of the molecule is CCC1CCC(NCC(=O)NC)CC1. The molecule has 1 rings (SSSR count). The van der Waals surface area contributed by atoms with Crippen LogP contribution in [0.15, 0.2) is 0 Å². The number of nitrogens with one attached hydrogen (secondary N) is 2. The molecule has 0 radical (unpaired) electrons. The molecule has 0 aliphatic heterocycles. The second-order valence-electron chi connectivity index (χ2n) is 4.18. The van der Waals surface area contributed by atoms with Crippen molar-refractivity contribution >= 4 is 5.91 Å². The summed E-state index contributed by atoms with van der Waals surface area (Å²) in [7, 11) is 1.68. The van der Waals surface area contributed by atoms with E-state index in [-0.39, 0.29) is 5.91 Å². The Balaban J connectivity index is 2.13. The Labute approximate surface area is 86.6 Å². The highest BCUT2D eigenvalue weighted by molar-refractivity contribution is 5.77. The van der Waals surface area contributed by atoms with Crippen LogP contribution >= 0.6 is 0 Å². The Hall–Kier alpha value is -0.570. The van der Waals surface area contributed by atoms with E-state index in [0.717, 1.165) is 5.92 Å². The molecule has 0 unspecified atom stereocenters. The van der Waals surface area contributed by atoms with Gasteiger partial charge in [0.15, 0.2) is 0 Å². The predicted octanol–water partition coefficient (Wildman–Crippen LogP) is 1.29. The van der Waals surface area contributed by atoms with Gasteiger partial charge in [-0.15, -0.1) is 0 Å². The van der Waals surface area contributed by atoms with Crippen LogP contribution in [0.3, 0.4) is 0 Å². The van der Waals surface area contributed by atoms with Gasteiger partial charge >= 0.3 is 0 Å². The first-order valence-electron chi connectivity index (χ1n) is 5.70. The van der Waals surface area contributed by atoms with E-state index in [4.69, 9.17) is 0 Å². The molecule has 3 heteroatoms. The fraction of sp³-hybridized carbons (Fsp3) is 0.909. The van der Waals surface area contributed by atoms with Crippen LogP contribution in [0.25, 0.3) is 0 Å². The standard InChI is InChI=1S/C11H22N2O/c1-3-9-4-6-10(7-5-9)13-8-11(14)12-2/h9-10,13H,3-8H2,1-2H3,(H,12,14). The summed E-state index contributed by atoms with van der Waals surface area (Å²) >= 11 is 0. The maximum atomic E-state index is 11.0. The van der Waals surface area contributed by atoms with Gasteiger partial charge in [0.25, 0.3) is 0 Å². The number of rotatable bonds is 4. The highest BCUT2D eigenvalue weighted by atomic mass is 16.1. The number of hydrogen-bond acceptors (Lipinski definition) is 2. The van der Waals surface area contributed by atoms with Gasteiger partial charge in [-0.25, -0.2) is 0 Å². The zero-order valence-electron chi connectivity index (χ0n) is 9.31. The Bertz CT molecular complexity index is 174. The quantitative estimate of drug-likeness (QED) is 0.714.